The summed E-state index contributed by atoms with van der Waals surface area (Å²) in [7, 11) is -0.105. The summed E-state index contributed by atoms with van der Waals surface area (Å²) in [6, 6.07) is 0. The van der Waals surface area contributed by atoms with Crippen LogP contribution in [0.2, 0.25) is 0 Å². The van der Waals surface area contributed by atoms with E-state index in [1.165, 1.54) is 122 Å². The summed E-state index contributed by atoms with van der Waals surface area (Å²) in [5.74, 6) is -0.575. The van der Waals surface area contributed by atoms with Crippen LogP contribution in [0, 0.1) is 0 Å². The molecule has 0 rings (SSSR count). The van der Waals surface area contributed by atoms with Gasteiger partial charge in [-0.25, -0.2) is 0 Å². The first-order valence-electron chi connectivity index (χ1n) is 14.1. The molecular formula is C27H58NO4S+. The Hall–Kier alpha value is -0.170. The third-order valence-electron chi connectivity index (χ3n) is 6.72. The maximum Gasteiger partial charge on any atom is 0.267 e. The van der Waals surface area contributed by atoms with Crippen LogP contribution < -0.4 is 0 Å². The average Bonchev–Trinajstić information content (AvgIpc) is 2.70. The molecule has 0 aromatic carbocycles. The number of nitrogens with zero attached hydrogens (tertiary/aromatic N) is 1. The summed E-state index contributed by atoms with van der Waals surface area (Å²) in [5, 5.41) is 9.83. The highest BCUT2D eigenvalue weighted by atomic mass is 32.2. The monoisotopic (exact) mass is 492 g/mol. The minimum atomic E-state index is -4.11. The number of unbranched alkanes of at least 4 members (excludes halogenated alkanes) is 19. The van der Waals surface area contributed by atoms with Gasteiger partial charge < -0.3 is 9.59 Å². The first-order valence-corrected chi connectivity index (χ1v) is 15.7. The lowest BCUT2D eigenvalue weighted by molar-refractivity contribution is -0.893. The topological polar surface area (TPSA) is 74.6 Å². The van der Waals surface area contributed by atoms with Crippen LogP contribution in [0.4, 0.5) is 0 Å². The van der Waals surface area contributed by atoms with Crippen LogP contribution in [0.25, 0.3) is 0 Å². The molecule has 0 aliphatic rings. The van der Waals surface area contributed by atoms with Crippen molar-refractivity contribution in [2.24, 2.45) is 0 Å². The number of hydrogen-bond donors (Lipinski definition) is 2. The molecule has 6 heteroatoms. The Bertz CT molecular complexity index is 522. The van der Waals surface area contributed by atoms with Gasteiger partial charge >= 0.3 is 0 Å². The van der Waals surface area contributed by atoms with Gasteiger partial charge in [0.2, 0.25) is 0 Å². The van der Waals surface area contributed by atoms with E-state index in [4.69, 9.17) is 4.55 Å². The smallest absolute Gasteiger partial charge is 0.267 e. The molecule has 1 unspecified atom stereocenters. The highest BCUT2D eigenvalue weighted by Gasteiger charge is 2.23. The molecule has 2 N–H and O–H groups in total. The molecule has 200 valence electrons. The first-order chi connectivity index (χ1) is 15.7. The molecule has 0 radical (unpaired) electrons. The third kappa shape index (κ3) is 26.3. The van der Waals surface area contributed by atoms with Gasteiger partial charge in [0.15, 0.2) is 0 Å². The van der Waals surface area contributed by atoms with E-state index in [1.54, 1.807) is 0 Å². The van der Waals surface area contributed by atoms with Gasteiger partial charge in [-0.15, -0.1) is 0 Å². The second-order valence-electron chi connectivity index (χ2n) is 11.0. The first kappa shape index (κ1) is 32.8. The van der Waals surface area contributed by atoms with Crippen LogP contribution in [0.15, 0.2) is 0 Å². The van der Waals surface area contributed by atoms with Gasteiger partial charge in [-0.3, -0.25) is 4.55 Å². The Labute approximate surface area is 207 Å². The fourth-order valence-corrected chi connectivity index (χ4v) is 5.34. The Morgan fingerprint density at radius 3 is 1.21 bits per heavy atom. The summed E-state index contributed by atoms with van der Waals surface area (Å²) in [4.78, 5) is 0. The van der Waals surface area contributed by atoms with Gasteiger partial charge in [-0.2, -0.15) is 8.42 Å². The molecule has 1 atom stereocenters. The minimum absolute atomic E-state index is 0.346. The minimum Gasteiger partial charge on any atom is -0.386 e. The molecule has 0 aromatic rings. The molecule has 0 aliphatic heterocycles. The van der Waals surface area contributed by atoms with Crippen LogP contribution in [-0.2, 0) is 10.1 Å². The molecule has 33 heavy (non-hydrogen) atoms. The number of quaternary nitrogens is 1. The zero-order valence-corrected chi connectivity index (χ0v) is 23.2. The maximum atomic E-state index is 10.9. The Kier molecular flexibility index (Phi) is 21.0. The van der Waals surface area contributed by atoms with E-state index in [1.807, 2.05) is 14.1 Å². The molecule has 5 nitrogen and oxygen atoms in total. The standard InChI is InChI=1S/C27H57NO4S/c1-4-5-6-7-8-9-10-11-12-13-14-15-16-17-18-19-20-21-22-23-24-28(2,3)25-27(29)26-33(30,31)32/h27,29H,4-26H2,1-3H3/p+1. The van der Waals surface area contributed by atoms with Gasteiger partial charge in [0, 0.05) is 0 Å². The number of rotatable bonds is 25. The fourth-order valence-electron chi connectivity index (χ4n) is 4.75. The van der Waals surface area contributed by atoms with E-state index >= 15 is 0 Å². The lowest BCUT2D eigenvalue weighted by Crippen LogP contribution is -2.47. The quantitative estimate of drug-likeness (QED) is 0.0807. The normalized spacial score (nSPS) is 13.5. The molecule has 0 fully saturated rings. The van der Waals surface area contributed by atoms with Crippen molar-refractivity contribution in [1.82, 2.24) is 0 Å². The van der Waals surface area contributed by atoms with Crippen molar-refractivity contribution in [2.45, 2.75) is 141 Å². The molecule has 0 saturated carbocycles. The fraction of sp³-hybridized carbons (Fsp3) is 1.00. The molecule has 0 aliphatic carbocycles. The molecule has 0 aromatic heterocycles. The van der Waals surface area contributed by atoms with Crippen molar-refractivity contribution in [1.29, 1.82) is 0 Å². The van der Waals surface area contributed by atoms with Gasteiger partial charge in [0.1, 0.15) is 18.4 Å². The average molecular weight is 493 g/mol. The van der Waals surface area contributed by atoms with Crippen molar-refractivity contribution in [3.8, 4) is 0 Å². The van der Waals surface area contributed by atoms with Crippen LogP contribution in [0.1, 0.15) is 135 Å². The van der Waals surface area contributed by atoms with Crippen molar-refractivity contribution in [3.05, 3.63) is 0 Å². The molecule has 0 bridgehead atoms. The number of hydrogen-bond acceptors (Lipinski definition) is 3. The Morgan fingerprint density at radius 2 is 0.909 bits per heavy atom. The Balaban J connectivity index is 3.34. The molecule has 0 heterocycles. The highest BCUT2D eigenvalue weighted by Crippen LogP contribution is 2.15. The van der Waals surface area contributed by atoms with Gasteiger partial charge in [0.05, 0.1) is 20.6 Å². The molecule has 0 saturated heterocycles. The molecular weight excluding hydrogens is 434 g/mol. The summed E-state index contributed by atoms with van der Waals surface area (Å²) < 4.78 is 31.2. The van der Waals surface area contributed by atoms with E-state index in [0.29, 0.717) is 11.0 Å². The SMILES string of the molecule is CCCCCCCCCCCCCCCCCCCCCC[N+](C)(C)CC(O)CS(=O)(=O)O. The zero-order valence-electron chi connectivity index (χ0n) is 22.4. The lowest BCUT2D eigenvalue weighted by Gasteiger charge is -2.31. The number of aliphatic hydroxyl groups excluding tert-OH is 1. The summed E-state index contributed by atoms with van der Waals surface area (Å²) in [6.07, 6.45) is 26.4. The zero-order chi connectivity index (χ0) is 24.8. The van der Waals surface area contributed by atoms with E-state index in [-0.39, 0.29) is 0 Å². The number of aliphatic hydroxyl groups is 1. The van der Waals surface area contributed by atoms with Gasteiger partial charge in [-0.05, 0) is 12.8 Å². The second kappa shape index (κ2) is 21.1. The van der Waals surface area contributed by atoms with E-state index in [0.717, 1.165) is 13.0 Å². The summed E-state index contributed by atoms with van der Waals surface area (Å²) >= 11 is 0. The van der Waals surface area contributed by atoms with Crippen molar-refractivity contribution in [3.63, 3.8) is 0 Å². The Morgan fingerprint density at radius 1 is 0.606 bits per heavy atom. The van der Waals surface area contributed by atoms with Gasteiger partial charge in [-0.1, -0.05) is 122 Å². The predicted octanol–water partition coefficient (Wildman–Crippen LogP) is 7.13. The van der Waals surface area contributed by atoms with Crippen LogP contribution in [-0.4, -0.2) is 61.6 Å². The van der Waals surface area contributed by atoms with Crippen molar-refractivity contribution < 1.29 is 22.6 Å². The largest absolute Gasteiger partial charge is 0.386 e. The van der Waals surface area contributed by atoms with Crippen molar-refractivity contribution in [2.75, 3.05) is 32.9 Å². The van der Waals surface area contributed by atoms with Gasteiger partial charge in [0.25, 0.3) is 10.1 Å². The van der Waals surface area contributed by atoms with E-state index < -0.39 is 22.0 Å². The van der Waals surface area contributed by atoms with E-state index in [2.05, 4.69) is 6.92 Å². The van der Waals surface area contributed by atoms with Crippen LogP contribution >= 0.6 is 0 Å². The summed E-state index contributed by atoms with van der Waals surface area (Å²) in [6.45, 7) is 3.55. The predicted molar refractivity (Wildman–Crippen MR) is 142 cm³/mol. The second-order valence-corrected chi connectivity index (χ2v) is 12.5. The van der Waals surface area contributed by atoms with Crippen LogP contribution in [0.5, 0.6) is 0 Å². The maximum absolute atomic E-state index is 10.9. The molecule has 0 amide bonds. The third-order valence-corrected chi connectivity index (χ3v) is 7.53. The molecule has 0 spiro atoms. The lowest BCUT2D eigenvalue weighted by atomic mass is 10.0. The van der Waals surface area contributed by atoms with Crippen LogP contribution in [0.3, 0.4) is 0 Å². The summed E-state index contributed by atoms with van der Waals surface area (Å²) in [5.41, 5.74) is 0. The van der Waals surface area contributed by atoms with E-state index in [9.17, 15) is 13.5 Å². The number of likely N-dealkylation sites (N-methyl/N-ethyl adjacent to an activating group) is 1. The highest BCUT2D eigenvalue weighted by molar-refractivity contribution is 7.85. The van der Waals surface area contributed by atoms with Crippen molar-refractivity contribution >= 4 is 10.1 Å².